The van der Waals surface area contributed by atoms with Gasteiger partial charge in [0.2, 0.25) is 5.91 Å². The first kappa shape index (κ1) is 20.3. The molecule has 0 bridgehead atoms. The van der Waals surface area contributed by atoms with Crippen LogP contribution in [0.5, 0.6) is 0 Å². The van der Waals surface area contributed by atoms with Crippen LogP contribution < -0.4 is 4.90 Å². The predicted octanol–water partition coefficient (Wildman–Crippen LogP) is 2.66. The number of amides is 3. The molecule has 2 aromatic carbocycles. The van der Waals surface area contributed by atoms with Crippen molar-refractivity contribution in [1.82, 2.24) is 4.90 Å². The van der Waals surface area contributed by atoms with Gasteiger partial charge in [0.15, 0.2) is 0 Å². The molecule has 0 fully saturated rings. The Morgan fingerprint density at radius 2 is 1.41 bits per heavy atom. The van der Waals surface area contributed by atoms with E-state index in [1.807, 2.05) is 0 Å². The topological polar surface area (TPSA) is 84.0 Å². The highest BCUT2D eigenvalue weighted by molar-refractivity contribution is 6.22. The number of fused-ring (bicyclic) bond motifs is 1. The lowest BCUT2D eigenvalue weighted by Crippen LogP contribution is -2.45. The normalized spacial score (nSPS) is 13.3. The molecule has 0 spiro atoms. The summed E-state index contributed by atoms with van der Waals surface area (Å²) in [6, 6.07) is 15.0. The van der Waals surface area contributed by atoms with Crippen LogP contribution in [-0.4, -0.2) is 47.3 Å². The SMILES string of the molecule is CC(C)(C)OC(=O)CN(C(=O)CN1C(=O)c2ccccc2C1=O)c1ccccc1. The van der Waals surface area contributed by atoms with Gasteiger partial charge >= 0.3 is 5.97 Å². The van der Waals surface area contributed by atoms with E-state index >= 15 is 0 Å². The van der Waals surface area contributed by atoms with Gasteiger partial charge < -0.3 is 4.74 Å². The van der Waals surface area contributed by atoms with E-state index in [1.165, 1.54) is 4.90 Å². The van der Waals surface area contributed by atoms with E-state index in [1.54, 1.807) is 75.4 Å². The first-order chi connectivity index (χ1) is 13.7. The number of imide groups is 1. The van der Waals surface area contributed by atoms with Crippen LogP contribution >= 0.6 is 0 Å². The van der Waals surface area contributed by atoms with Gasteiger partial charge in [-0.1, -0.05) is 30.3 Å². The van der Waals surface area contributed by atoms with E-state index in [2.05, 4.69) is 0 Å². The molecule has 150 valence electrons. The molecule has 0 saturated carbocycles. The molecule has 0 aliphatic carbocycles. The fourth-order valence-corrected chi connectivity index (χ4v) is 3.04. The number of benzene rings is 2. The molecular formula is C22H22N2O5. The van der Waals surface area contributed by atoms with Crippen molar-refractivity contribution in [2.45, 2.75) is 26.4 Å². The van der Waals surface area contributed by atoms with Gasteiger partial charge in [-0.05, 0) is 45.0 Å². The van der Waals surface area contributed by atoms with Gasteiger partial charge in [-0.25, -0.2) is 0 Å². The minimum absolute atomic E-state index is 0.267. The number of hydrogen-bond donors (Lipinski definition) is 0. The van der Waals surface area contributed by atoms with Gasteiger partial charge in [-0.3, -0.25) is 29.0 Å². The summed E-state index contributed by atoms with van der Waals surface area (Å²) < 4.78 is 5.32. The van der Waals surface area contributed by atoms with E-state index in [9.17, 15) is 19.2 Å². The molecule has 1 aliphatic rings. The highest BCUT2D eigenvalue weighted by Gasteiger charge is 2.37. The average molecular weight is 394 g/mol. The molecule has 1 heterocycles. The van der Waals surface area contributed by atoms with Gasteiger partial charge in [0.1, 0.15) is 18.7 Å². The van der Waals surface area contributed by atoms with Crippen molar-refractivity contribution in [2.75, 3.05) is 18.0 Å². The number of anilines is 1. The number of rotatable bonds is 5. The van der Waals surface area contributed by atoms with Crippen molar-refractivity contribution in [1.29, 1.82) is 0 Å². The summed E-state index contributed by atoms with van der Waals surface area (Å²) in [5, 5.41) is 0. The highest BCUT2D eigenvalue weighted by atomic mass is 16.6. The fraction of sp³-hybridized carbons (Fsp3) is 0.273. The second kappa shape index (κ2) is 7.87. The number of carbonyl (C=O) groups excluding carboxylic acids is 4. The molecule has 1 aliphatic heterocycles. The Morgan fingerprint density at radius 1 is 0.897 bits per heavy atom. The molecular weight excluding hydrogens is 372 g/mol. The molecule has 0 N–H and O–H groups in total. The van der Waals surface area contributed by atoms with Gasteiger partial charge in [0, 0.05) is 5.69 Å². The van der Waals surface area contributed by atoms with Crippen molar-refractivity contribution in [3.05, 3.63) is 65.7 Å². The smallest absolute Gasteiger partial charge is 0.326 e. The third-order valence-corrected chi connectivity index (χ3v) is 4.25. The number of nitrogens with zero attached hydrogens (tertiary/aromatic N) is 2. The van der Waals surface area contributed by atoms with E-state index in [0.717, 1.165) is 4.90 Å². The largest absolute Gasteiger partial charge is 0.459 e. The van der Waals surface area contributed by atoms with Gasteiger partial charge in [0.25, 0.3) is 11.8 Å². The van der Waals surface area contributed by atoms with Crippen LogP contribution in [0.25, 0.3) is 0 Å². The summed E-state index contributed by atoms with van der Waals surface area (Å²) in [5.41, 5.74) is 0.303. The molecule has 2 aromatic rings. The van der Waals surface area contributed by atoms with Crippen molar-refractivity contribution >= 4 is 29.4 Å². The fourth-order valence-electron chi connectivity index (χ4n) is 3.04. The molecule has 7 heteroatoms. The Morgan fingerprint density at radius 3 is 1.93 bits per heavy atom. The van der Waals surface area contributed by atoms with Gasteiger partial charge in [0.05, 0.1) is 11.1 Å². The monoisotopic (exact) mass is 394 g/mol. The lowest BCUT2D eigenvalue weighted by Gasteiger charge is -2.26. The van der Waals surface area contributed by atoms with Crippen LogP contribution in [0.3, 0.4) is 0 Å². The average Bonchev–Trinajstić information content (AvgIpc) is 2.90. The molecule has 0 saturated heterocycles. The number of carbonyl (C=O) groups is 4. The first-order valence-electron chi connectivity index (χ1n) is 9.20. The van der Waals surface area contributed by atoms with Gasteiger partial charge in [-0.15, -0.1) is 0 Å². The molecule has 3 amide bonds. The summed E-state index contributed by atoms with van der Waals surface area (Å²) in [5.74, 6) is -2.19. The summed E-state index contributed by atoms with van der Waals surface area (Å²) in [4.78, 5) is 52.6. The quantitative estimate of drug-likeness (QED) is 0.575. The van der Waals surface area contributed by atoms with E-state index in [4.69, 9.17) is 4.74 Å². The molecule has 0 atom stereocenters. The molecule has 29 heavy (non-hydrogen) atoms. The van der Waals surface area contributed by atoms with Crippen LogP contribution in [0.15, 0.2) is 54.6 Å². The Hall–Kier alpha value is -3.48. The minimum Gasteiger partial charge on any atom is -0.459 e. The molecule has 3 rings (SSSR count). The first-order valence-corrected chi connectivity index (χ1v) is 9.20. The third kappa shape index (κ3) is 4.51. The van der Waals surface area contributed by atoms with Crippen molar-refractivity contribution < 1.29 is 23.9 Å². The minimum atomic E-state index is -0.703. The van der Waals surface area contributed by atoms with Crippen LogP contribution in [0.2, 0.25) is 0 Å². The molecule has 0 unspecified atom stereocenters. The molecule has 0 radical (unpaired) electrons. The second-order valence-electron chi connectivity index (χ2n) is 7.64. The zero-order valence-electron chi connectivity index (χ0n) is 16.5. The van der Waals surface area contributed by atoms with Crippen LogP contribution in [0, 0.1) is 0 Å². The summed E-state index contributed by atoms with van der Waals surface area (Å²) in [7, 11) is 0. The predicted molar refractivity (Wildman–Crippen MR) is 106 cm³/mol. The molecule has 0 aromatic heterocycles. The summed E-state index contributed by atoms with van der Waals surface area (Å²) in [6.45, 7) is 4.41. The van der Waals surface area contributed by atoms with Crippen molar-refractivity contribution in [2.24, 2.45) is 0 Å². The van der Waals surface area contributed by atoms with Gasteiger partial charge in [-0.2, -0.15) is 0 Å². The Kier molecular flexibility index (Phi) is 5.50. The number of hydrogen-bond acceptors (Lipinski definition) is 5. The number of ether oxygens (including phenoxy) is 1. The third-order valence-electron chi connectivity index (χ3n) is 4.25. The van der Waals surface area contributed by atoms with Crippen LogP contribution in [-0.2, 0) is 14.3 Å². The number of esters is 1. The van der Waals surface area contributed by atoms with E-state index in [-0.39, 0.29) is 17.7 Å². The maximum Gasteiger partial charge on any atom is 0.326 e. The lowest BCUT2D eigenvalue weighted by molar-refractivity contribution is -0.153. The maximum absolute atomic E-state index is 13.0. The number of para-hydroxylation sites is 1. The van der Waals surface area contributed by atoms with E-state index < -0.39 is 35.8 Å². The second-order valence-corrected chi connectivity index (χ2v) is 7.64. The van der Waals surface area contributed by atoms with Crippen LogP contribution in [0.1, 0.15) is 41.5 Å². The zero-order valence-corrected chi connectivity index (χ0v) is 16.5. The highest BCUT2D eigenvalue weighted by Crippen LogP contribution is 2.23. The van der Waals surface area contributed by atoms with Crippen molar-refractivity contribution in [3.8, 4) is 0 Å². The van der Waals surface area contributed by atoms with Crippen molar-refractivity contribution in [3.63, 3.8) is 0 Å². The van der Waals surface area contributed by atoms with Crippen LogP contribution in [0.4, 0.5) is 5.69 Å². The Balaban J connectivity index is 1.81. The standard InChI is InChI=1S/C22H22N2O5/c1-22(2,3)29-19(26)14-23(15-9-5-4-6-10-15)18(25)13-24-20(27)16-11-7-8-12-17(16)21(24)28/h4-12H,13-14H2,1-3H3. The lowest BCUT2D eigenvalue weighted by atomic mass is 10.1. The Bertz CT molecular complexity index is 928. The van der Waals surface area contributed by atoms with E-state index in [0.29, 0.717) is 5.69 Å². The zero-order chi connectivity index (χ0) is 21.2. The maximum atomic E-state index is 13.0. The summed E-state index contributed by atoms with van der Waals surface area (Å²) >= 11 is 0. The molecule has 7 nitrogen and oxygen atoms in total. The summed E-state index contributed by atoms with van der Waals surface area (Å²) in [6.07, 6.45) is 0. The Labute approximate surface area is 168 Å².